The molecule has 0 bridgehead atoms. The number of carbonyl (C=O) groups is 1. The lowest BCUT2D eigenvalue weighted by Crippen LogP contribution is -2.29. The fourth-order valence-corrected chi connectivity index (χ4v) is 2.22. The van der Waals surface area contributed by atoms with Gasteiger partial charge in [-0.15, -0.1) is 0 Å². The molecule has 0 heterocycles. The highest BCUT2D eigenvalue weighted by Crippen LogP contribution is 2.45. The van der Waals surface area contributed by atoms with Crippen molar-refractivity contribution in [3.8, 4) is 0 Å². The third-order valence-electron chi connectivity index (χ3n) is 3.22. The molecule has 2 aliphatic rings. The van der Waals surface area contributed by atoms with Crippen LogP contribution in [0.25, 0.3) is 0 Å². The highest BCUT2D eigenvalue weighted by molar-refractivity contribution is 5.95. The van der Waals surface area contributed by atoms with E-state index in [1.54, 1.807) is 0 Å². The summed E-state index contributed by atoms with van der Waals surface area (Å²) in [6, 6.07) is 0. The summed E-state index contributed by atoms with van der Waals surface area (Å²) in [5.74, 6) is -0.0938. The first-order valence-corrected chi connectivity index (χ1v) is 4.77. The minimum Gasteiger partial charge on any atom is -0.504 e. The smallest absolute Gasteiger partial charge is 0.197 e. The molecule has 1 N–H and O–H groups in total. The van der Waals surface area contributed by atoms with Crippen molar-refractivity contribution in [3.63, 3.8) is 0 Å². The van der Waals surface area contributed by atoms with Crippen molar-refractivity contribution >= 4 is 5.78 Å². The predicted octanol–water partition coefficient (Wildman–Crippen LogP) is 2.52. The number of ketones is 1. The van der Waals surface area contributed by atoms with Gasteiger partial charge >= 0.3 is 0 Å². The molecule has 13 heavy (non-hydrogen) atoms. The van der Waals surface area contributed by atoms with Crippen molar-refractivity contribution < 1.29 is 9.90 Å². The number of Topliss-reactive ketones (excluding diaryl/α,β-unsaturated/α-hetero) is 1. The van der Waals surface area contributed by atoms with E-state index in [-0.39, 0.29) is 17.0 Å². The van der Waals surface area contributed by atoms with Crippen LogP contribution >= 0.6 is 0 Å². The molecule has 0 spiro atoms. The Morgan fingerprint density at radius 1 is 1.46 bits per heavy atom. The van der Waals surface area contributed by atoms with Crippen LogP contribution in [-0.2, 0) is 4.79 Å². The van der Waals surface area contributed by atoms with Crippen LogP contribution in [0.3, 0.4) is 0 Å². The lowest BCUT2D eigenvalue weighted by molar-refractivity contribution is -0.119. The van der Waals surface area contributed by atoms with Gasteiger partial charge in [0, 0.05) is 12.0 Å². The molecule has 0 unspecified atom stereocenters. The average molecular weight is 178 g/mol. The van der Waals surface area contributed by atoms with Gasteiger partial charge in [0.15, 0.2) is 11.5 Å². The summed E-state index contributed by atoms with van der Waals surface area (Å²) in [5, 5.41) is 9.62. The highest BCUT2D eigenvalue weighted by atomic mass is 16.3. The van der Waals surface area contributed by atoms with Crippen LogP contribution in [0.15, 0.2) is 23.5 Å². The number of carbonyl (C=O) groups excluding carboxylic acids is 1. The third kappa shape index (κ3) is 1.21. The lowest BCUT2D eigenvalue weighted by atomic mass is 9.68. The Labute approximate surface area is 78.0 Å². The van der Waals surface area contributed by atoms with Crippen LogP contribution in [0.2, 0.25) is 0 Å². The summed E-state index contributed by atoms with van der Waals surface area (Å²) < 4.78 is 0. The minimum absolute atomic E-state index is 0.00435. The van der Waals surface area contributed by atoms with Gasteiger partial charge in [0.05, 0.1) is 0 Å². The average Bonchev–Trinajstić information content (AvgIpc) is 2.12. The monoisotopic (exact) mass is 178 g/mol. The molecular weight excluding hydrogens is 164 g/mol. The third-order valence-corrected chi connectivity index (χ3v) is 3.22. The number of rotatable bonds is 0. The molecule has 0 fully saturated rings. The molecule has 2 aliphatic carbocycles. The zero-order chi connectivity index (χ0) is 9.47. The number of allylic oxidation sites excluding steroid dienone is 4. The van der Waals surface area contributed by atoms with E-state index in [9.17, 15) is 9.90 Å². The van der Waals surface area contributed by atoms with Crippen LogP contribution in [0.4, 0.5) is 0 Å². The minimum atomic E-state index is -0.0981. The number of hydrogen-bond acceptors (Lipinski definition) is 2. The second-order valence-electron chi connectivity index (χ2n) is 4.19. The molecule has 2 nitrogen and oxygen atoms in total. The molecule has 1 atom stereocenters. The summed E-state index contributed by atoms with van der Waals surface area (Å²) in [5.41, 5.74) is 0.905. The molecule has 70 valence electrons. The Morgan fingerprint density at radius 3 is 3.00 bits per heavy atom. The van der Waals surface area contributed by atoms with E-state index in [1.807, 2.05) is 12.2 Å². The van der Waals surface area contributed by atoms with Crippen LogP contribution in [-0.4, -0.2) is 10.9 Å². The summed E-state index contributed by atoms with van der Waals surface area (Å²) >= 11 is 0. The zero-order valence-electron chi connectivity index (χ0n) is 7.84. The standard InChI is InChI=1S/C11H14O2/c1-11-6-3-2-4-8(11)10(13)9(12)5-7-11/h2,4,13H,3,5-7H2,1H3/t11-/m1/s1. The molecule has 0 saturated heterocycles. The van der Waals surface area contributed by atoms with E-state index in [0.29, 0.717) is 6.42 Å². The fraction of sp³-hybridized carbons (Fsp3) is 0.545. The van der Waals surface area contributed by atoms with Crippen LogP contribution in [0.5, 0.6) is 0 Å². The van der Waals surface area contributed by atoms with E-state index in [4.69, 9.17) is 0 Å². The summed E-state index contributed by atoms with van der Waals surface area (Å²) in [4.78, 5) is 11.2. The van der Waals surface area contributed by atoms with E-state index < -0.39 is 0 Å². The molecule has 0 aliphatic heterocycles. The van der Waals surface area contributed by atoms with Gasteiger partial charge in [-0.25, -0.2) is 0 Å². The number of hydrogen-bond donors (Lipinski definition) is 1. The number of fused-ring (bicyclic) bond motifs is 1. The molecule has 0 saturated carbocycles. The summed E-state index contributed by atoms with van der Waals surface area (Å²) in [6.07, 6.45) is 7.44. The Hall–Kier alpha value is -1.05. The maximum atomic E-state index is 11.2. The van der Waals surface area contributed by atoms with Gasteiger partial charge in [-0.2, -0.15) is 0 Å². The largest absolute Gasteiger partial charge is 0.504 e. The molecule has 0 radical (unpaired) electrons. The van der Waals surface area contributed by atoms with Crippen LogP contribution in [0.1, 0.15) is 32.6 Å². The summed E-state index contributed by atoms with van der Waals surface area (Å²) in [7, 11) is 0. The van der Waals surface area contributed by atoms with Gasteiger partial charge in [-0.3, -0.25) is 4.79 Å². The van der Waals surface area contributed by atoms with Gasteiger partial charge in [0.25, 0.3) is 0 Å². The first-order chi connectivity index (χ1) is 6.13. The predicted molar refractivity (Wildman–Crippen MR) is 50.4 cm³/mol. The maximum absolute atomic E-state index is 11.2. The van der Waals surface area contributed by atoms with E-state index in [2.05, 4.69) is 6.92 Å². The van der Waals surface area contributed by atoms with Crippen molar-refractivity contribution in [3.05, 3.63) is 23.5 Å². The van der Waals surface area contributed by atoms with Gasteiger partial charge in [-0.05, 0) is 24.7 Å². The molecule has 0 aromatic rings. The van der Waals surface area contributed by atoms with Crippen molar-refractivity contribution in [2.24, 2.45) is 5.41 Å². The zero-order valence-corrected chi connectivity index (χ0v) is 7.84. The van der Waals surface area contributed by atoms with E-state index >= 15 is 0 Å². The quantitative estimate of drug-likeness (QED) is 0.618. The molecule has 0 aromatic carbocycles. The molecule has 2 rings (SSSR count). The Balaban J connectivity index is 2.51. The molecule has 2 heteroatoms. The summed E-state index contributed by atoms with van der Waals surface area (Å²) in [6.45, 7) is 2.13. The highest BCUT2D eigenvalue weighted by Gasteiger charge is 2.37. The van der Waals surface area contributed by atoms with Gasteiger partial charge in [0.1, 0.15) is 0 Å². The van der Waals surface area contributed by atoms with Gasteiger partial charge in [0.2, 0.25) is 0 Å². The van der Waals surface area contributed by atoms with E-state index in [1.165, 1.54) is 0 Å². The van der Waals surface area contributed by atoms with Crippen molar-refractivity contribution in [2.45, 2.75) is 32.6 Å². The normalized spacial score (nSPS) is 33.5. The first kappa shape index (κ1) is 8.54. The van der Waals surface area contributed by atoms with E-state index in [0.717, 1.165) is 24.8 Å². The van der Waals surface area contributed by atoms with Crippen LogP contribution in [0, 0.1) is 5.41 Å². The maximum Gasteiger partial charge on any atom is 0.197 e. The molecular formula is C11H14O2. The number of aliphatic hydroxyl groups is 1. The first-order valence-electron chi connectivity index (χ1n) is 4.77. The Kier molecular flexibility index (Phi) is 1.79. The Morgan fingerprint density at radius 2 is 2.23 bits per heavy atom. The van der Waals surface area contributed by atoms with Crippen molar-refractivity contribution in [1.29, 1.82) is 0 Å². The van der Waals surface area contributed by atoms with Gasteiger partial charge < -0.3 is 5.11 Å². The second kappa shape index (κ2) is 2.72. The molecule has 0 aromatic heterocycles. The number of aliphatic hydroxyl groups excluding tert-OH is 1. The van der Waals surface area contributed by atoms with Crippen LogP contribution < -0.4 is 0 Å². The molecule has 0 amide bonds. The SMILES string of the molecule is C[C@]12CCC=CC1=C(O)C(=O)CC2. The lowest BCUT2D eigenvalue weighted by Gasteiger charge is -2.36. The fourth-order valence-electron chi connectivity index (χ4n) is 2.22. The van der Waals surface area contributed by atoms with Crippen molar-refractivity contribution in [2.75, 3.05) is 0 Å². The topological polar surface area (TPSA) is 37.3 Å². The van der Waals surface area contributed by atoms with Gasteiger partial charge in [-0.1, -0.05) is 19.1 Å². The second-order valence-corrected chi connectivity index (χ2v) is 4.19. The van der Waals surface area contributed by atoms with Crippen molar-refractivity contribution in [1.82, 2.24) is 0 Å². The Bertz CT molecular complexity index is 312.